The fourth-order valence-corrected chi connectivity index (χ4v) is 4.34. The fourth-order valence-electron chi connectivity index (χ4n) is 3.31. The van der Waals surface area contributed by atoms with E-state index in [4.69, 9.17) is 12.3 Å². The van der Waals surface area contributed by atoms with Crippen LogP contribution in [0.2, 0.25) is 0 Å². The van der Waals surface area contributed by atoms with E-state index in [1.54, 1.807) is 24.4 Å². The summed E-state index contributed by atoms with van der Waals surface area (Å²) in [6.07, 6.45) is 2.13. The van der Waals surface area contributed by atoms with E-state index in [2.05, 4.69) is 20.9 Å². The summed E-state index contributed by atoms with van der Waals surface area (Å²) >= 11 is 1.06. The van der Waals surface area contributed by atoms with E-state index in [-0.39, 0.29) is 5.56 Å². The van der Waals surface area contributed by atoms with Crippen molar-refractivity contribution in [3.63, 3.8) is 0 Å². The number of β-amino-alcohol motifs (C(OH)–C–C–N with tert-alkyl or cyclic N) is 1. The van der Waals surface area contributed by atoms with Crippen LogP contribution in [-0.4, -0.2) is 40.2 Å². The fraction of sp³-hybridized carbons (Fsp3) is 0.350. The van der Waals surface area contributed by atoms with Gasteiger partial charge in [-0.15, -0.1) is 0 Å². The van der Waals surface area contributed by atoms with Gasteiger partial charge in [0.1, 0.15) is 22.2 Å². The number of hydrogen-bond donors (Lipinski definition) is 2. The molecular weight excluding hydrogens is 388 g/mol. The average molecular weight is 408 g/mol. The molecule has 0 spiro atoms. The molecule has 9 heteroatoms. The van der Waals surface area contributed by atoms with Crippen molar-refractivity contribution in [1.82, 2.24) is 9.97 Å². The van der Waals surface area contributed by atoms with E-state index in [0.717, 1.165) is 11.8 Å². The average Bonchev–Trinajstić information content (AvgIpc) is 3.17. The lowest BCUT2D eigenvalue weighted by Gasteiger charge is -2.22. The molecule has 1 aliphatic rings. The van der Waals surface area contributed by atoms with E-state index in [9.17, 15) is 15.2 Å². The van der Waals surface area contributed by atoms with E-state index in [1.807, 2.05) is 11.8 Å². The smallest absolute Gasteiger partial charge is 0.237 e. The van der Waals surface area contributed by atoms with Crippen LogP contribution in [0.5, 0.6) is 0 Å². The number of hydrogen-bond acceptors (Lipinski definition) is 7. The SMILES string of the molecule is [C-]#[N+]c1c(N2CC[C@H](O)C2)nc(SC(C(N)=O)c2ccccn2)c(C#N)c1CC. The number of primary amides is 1. The highest BCUT2D eigenvalue weighted by Crippen LogP contribution is 2.42. The number of anilines is 1. The highest BCUT2D eigenvalue weighted by molar-refractivity contribution is 8.00. The highest BCUT2D eigenvalue weighted by Gasteiger charge is 2.30. The Morgan fingerprint density at radius 3 is 2.90 bits per heavy atom. The van der Waals surface area contributed by atoms with Gasteiger partial charge in [-0.2, -0.15) is 5.26 Å². The number of aromatic nitrogens is 2. The Morgan fingerprint density at radius 2 is 2.38 bits per heavy atom. The number of carbonyl (C=O) groups is 1. The molecule has 1 unspecified atom stereocenters. The number of pyridine rings is 2. The van der Waals surface area contributed by atoms with Crippen LogP contribution in [0.1, 0.15) is 35.4 Å². The minimum atomic E-state index is -0.823. The van der Waals surface area contributed by atoms with Crippen molar-refractivity contribution in [2.75, 3.05) is 18.0 Å². The molecule has 0 saturated carbocycles. The van der Waals surface area contributed by atoms with Crippen LogP contribution in [0.25, 0.3) is 4.85 Å². The van der Waals surface area contributed by atoms with Crippen LogP contribution in [0, 0.1) is 17.9 Å². The molecule has 0 aliphatic carbocycles. The summed E-state index contributed by atoms with van der Waals surface area (Å²) in [4.78, 5) is 26.4. The van der Waals surface area contributed by atoms with Gasteiger partial charge in [-0.25, -0.2) is 9.83 Å². The summed E-state index contributed by atoms with van der Waals surface area (Å²) in [6, 6.07) is 7.34. The molecule has 3 N–H and O–H groups in total. The second-order valence-corrected chi connectivity index (χ2v) is 7.66. The Morgan fingerprint density at radius 1 is 1.59 bits per heavy atom. The molecular formula is C20H20N6O2S. The quantitative estimate of drug-likeness (QED) is 0.556. The summed E-state index contributed by atoms with van der Waals surface area (Å²) < 4.78 is 0. The van der Waals surface area contributed by atoms with E-state index >= 15 is 0 Å². The molecule has 3 rings (SSSR count). The first kappa shape index (κ1) is 20.6. The maximum atomic E-state index is 12.1. The molecule has 1 fully saturated rings. The first-order valence-electron chi connectivity index (χ1n) is 9.14. The van der Waals surface area contributed by atoms with Gasteiger partial charge in [0.05, 0.1) is 23.9 Å². The van der Waals surface area contributed by atoms with Gasteiger partial charge in [-0.3, -0.25) is 9.78 Å². The number of aliphatic hydroxyl groups is 1. The minimum Gasteiger partial charge on any atom is -0.391 e. The van der Waals surface area contributed by atoms with Crippen LogP contribution < -0.4 is 10.6 Å². The maximum Gasteiger partial charge on any atom is 0.237 e. The van der Waals surface area contributed by atoms with Crippen molar-refractivity contribution in [2.45, 2.75) is 36.1 Å². The molecule has 148 valence electrons. The zero-order valence-corrected chi connectivity index (χ0v) is 16.7. The predicted octanol–water partition coefficient (Wildman–Crippen LogP) is 2.35. The third kappa shape index (κ3) is 4.16. The second kappa shape index (κ2) is 8.91. The lowest BCUT2D eigenvalue weighted by molar-refractivity contribution is -0.117. The Labute approximate surface area is 173 Å². The number of nitrogens with zero attached hydrogens (tertiary/aromatic N) is 5. The lowest BCUT2D eigenvalue weighted by Crippen LogP contribution is -2.24. The van der Waals surface area contributed by atoms with Crippen LogP contribution in [0.3, 0.4) is 0 Å². The first-order valence-corrected chi connectivity index (χ1v) is 10.0. The van der Waals surface area contributed by atoms with Gasteiger partial charge in [-0.05, 0) is 30.5 Å². The molecule has 29 heavy (non-hydrogen) atoms. The van der Waals surface area contributed by atoms with Gasteiger partial charge < -0.3 is 15.7 Å². The van der Waals surface area contributed by atoms with Crippen molar-refractivity contribution in [1.29, 1.82) is 5.26 Å². The Bertz CT molecular complexity index is 999. The molecule has 0 bridgehead atoms. The number of aliphatic hydroxyl groups excluding tert-OH is 1. The van der Waals surface area contributed by atoms with Gasteiger partial charge in [0.2, 0.25) is 11.6 Å². The number of thioether (sulfide) groups is 1. The zero-order valence-electron chi connectivity index (χ0n) is 15.9. The van der Waals surface area contributed by atoms with E-state index in [0.29, 0.717) is 53.7 Å². The molecule has 2 aromatic rings. The summed E-state index contributed by atoms with van der Waals surface area (Å²) in [7, 11) is 0. The molecule has 3 heterocycles. The second-order valence-electron chi connectivity index (χ2n) is 6.56. The van der Waals surface area contributed by atoms with Gasteiger partial charge >= 0.3 is 0 Å². The highest BCUT2D eigenvalue weighted by atomic mass is 32.2. The normalized spacial score (nSPS) is 16.8. The number of rotatable bonds is 6. The minimum absolute atomic E-state index is 0.272. The summed E-state index contributed by atoms with van der Waals surface area (Å²) in [5, 5.41) is 19.2. The Balaban J connectivity index is 2.13. The number of nitriles is 1. The standard InChI is InChI=1S/C20H20N6O2S/c1-3-13-14(10-21)20(29-17(18(22)28)15-6-4-5-8-24-15)25-19(16(13)23-2)26-9-7-12(27)11-26/h4-6,8,12,17,27H,3,7,9,11H2,1H3,(H2,22,28)/t12-,17?/m0/s1. The van der Waals surface area contributed by atoms with Crippen LogP contribution in [0.15, 0.2) is 29.4 Å². The van der Waals surface area contributed by atoms with Gasteiger partial charge in [-0.1, -0.05) is 24.8 Å². The summed E-state index contributed by atoms with van der Waals surface area (Å²) in [6.45, 7) is 10.4. The molecule has 8 nitrogen and oxygen atoms in total. The van der Waals surface area contributed by atoms with Crippen LogP contribution in [-0.2, 0) is 11.2 Å². The van der Waals surface area contributed by atoms with Crippen molar-refractivity contribution in [3.05, 3.63) is 52.6 Å². The third-order valence-electron chi connectivity index (χ3n) is 4.71. The van der Waals surface area contributed by atoms with Crippen molar-refractivity contribution in [2.24, 2.45) is 5.73 Å². The zero-order chi connectivity index (χ0) is 21.0. The molecule has 0 aromatic carbocycles. The van der Waals surface area contributed by atoms with E-state index < -0.39 is 17.3 Å². The van der Waals surface area contributed by atoms with Gasteiger partial charge in [0.25, 0.3) is 0 Å². The number of nitrogens with two attached hydrogens (primary N) is 1. The third-order valence-corrected chi connectivity index (χ3v) is 5.93. The van der Waals surface area contributed by atoms with Crippen LogP contribution in [0.4, 0.5) is 11.5 Å². The van der Waals surface area contributed by atoms with Crippen molar-refractivity contribution < 1.29 is 9.90 Å². The maximum absolute atomic E-state index is 12.1. The Hall–Kier alpha value is -3.14. The van der Waals surface area contributed by atoms with Crippen molar-refractivity contribution in [3.8, 4) is 6.07 Å². The molecule has 1 aliphatic heterocycles. The van der Waals surface area contributed by atoms with Crippen molar-refractivity contribution >= 4 is 29.2 Å². The monoisotopic (exact) mass is 408 g/mol. The Kier molecular flexibility index (Phi) is 6.32. The lowest BCUT2D eigenvalue weighted by atomic mass is 10.1. The molecule has 1 amide bonds. The van der Waals surface area contributed by atoms with E-state index in [1.165, 1.54) is 0 Å². The summed E-state index contributed by atoms with van der Waals surface area (Å²) in [5.41, 5.74) is 7.26. The predicted molar refractivity (Wildman–Crippen MR) is 109 cm³/mol. The van der Waals surface area contributed by atoms with Crippen LogP contribution >= 0.6 is 11.8 Å². The van der Waals surface area contributed by atoms with Gasteiger partial charge in [0, 0.05) is 19.3 Å². The summed E-state index contributed by atoms with van der Waals surface area (Å²) in [5.74, 6) is -0.163. The first-order chi connectivity index (χ1) is 14.0. The molecule has 0 radical (unpaired) electrons. The van der Waals surface area contributed by atoms with Gasteiger partial charge in [0.15, 0.2) is 0 Å². The topological polar surface area (TPSA) is 120 Å². The molecule has 1 saturated heterocycles. The largest absolute Gasteiger partial charge is 0.391 e. The number of amides is 1. The molecule has 2 atom stereocenters. The molecule has 2 aromatic heterocycles. The number of carbonyl (C=O) groups excluding carboxylic acids is 1.